The van der Waals surface area contributed by atoms with Gasteiger partial charge in [-0.05, 0) is 62.6 Å². The molecule has 0 bridgehead atoms. The Hall–Kier alpha value is -1.92. The quantitative estimate of drug-likeness (QED) is 0.777. The molecule has 0 unspecified atom stereocenters. The summed E-state index contributed by atoms with van der Waals surface area (Å²) in [6, 6.07) is 8.74. The van der Waals surface area contributed by atoms with Gasteiger partial charge in [0.25, 0.3) is 5.91 Å². The summed E-state index contributed by atoms with van der Waals surface area (Å²) < 4.78 is 1.81. The molecule has 4 rings (SSSR count). The van der Waals surface area contributed by atoms with Crippen LogP contribution in [0, 0.1) is 12.8 Å². The molecule has 2 fully saturated rings. The van der Waals surface area contributed by atoms with Crippen LogP contribution >= 0.6 is 12.4 Å². The van der Waals surface area contributed by atoms with Crippen LogP contribution in [0.3, 0.4) is 0 Å². The Balaban J connectivity index is 0.00000240. The maximum absolute atomic E-state index is 13.0. The third-order valence-electron chi connectivity index (χ3n) is 5.92. The van der Waals surface area contributed by atoms with Crippen LogP contribution in [0.4, 0.5) is 0 Å². The third kappa shape index (κ3) is 4.98. The van der Waals surface area contributed by atoms with Gasteiger partial charge in [-0.2, -0.15) is 0 Å². The Morgan fingerprint density at radius 2 is 1.86 bits per heavy atom. The number of hydrogen-bond acceptors (Lipinski definition) is 4. The van der Waals surface area contributed by atoms with E-state index >= 15 is 0 Å². The molecule has 158 valence electrons. The summed E-state index contributed by atoms with van der Waals surface area (Å²) >= 11 is 0. The molecule has 29 heavy (non-hydrogen) atoms. The van der Waals surface area contributed by atoms with Crippen LogP contribution in [-0.4, -0.2) is 51.2 Å². The number of aromatic nitrogens is 3. The number of nitrogens with one attached hydrogen (secondary N) is 1. The number of amides is 1. The summed E-state index contributed by atoms with van der Waals surface area (Å²) in [5.41, 5.74) is 2.21. The average molecular weight is 418 g/mol. The molecule has 1 saturated heterocycles. The Labute approximate surface area is 179 Å². The van der Waals surface area contributed by atoms with Crippen molar-refractivity contribution in [2.24, 2.45) is 5.92 Å². The molecule has 6 nitrogen and oxygen atoms in total. The zero-order valence-electron chi connectivity index (χ0n) is 17.6. The molecule has 0 spiro atoms. The number of aryl methyl sites for hydroxylation is 1. The second kappa shape index (κ2) is 9.26. The minimum absolute atomic E-state index is 0. The molecule has 7 heteroatoms. The minimum atomic E-state index is -0.0514. The third-order valence-corrected chi connectivity index (χ3v) is 5.92. The van der Waals surface area contributed by atoms with E-state index in [1.807, 2.05) is 34.7 Å². The van der Waals surface area contributed by atoms with Gasteiger partial charge in [0.15, 0.2) is 0 Å². The monoisotopic (exact) mass is 417 g/mol. The summed E-state index contributed by atoms with van der Waals surface area (Å²) in [6.45, 7) is 8.93. The topological polar surface area (TPSA) is 63.1 Å². The molecule has 1 saturated carbocycles. The van der Waals surface area contributed by atoms with Gasteiger partial charge in [0.05, 0.1) is 5.69 Å². The molecule has 1 amide bonds. The van der Waals surface area contributed by atoms with Crippen molar-refractivity contribution in [3.05, 3.63) is 41.5 Å². The summed E-state index contributed by atoms with van der Waals surface area (Å²) in [7, 11) is 0. The van der Waals surface area contributed by atoms with Gasteiger partial charge < -0.3 is 10.2 Å². The summed E-state index contributed by atoms with van der Waals surface area (Å²) in [6.07, 6.45) is 4.76. The highest BCUT2D eigenvalue weighted by molar-refractivity contribution is 5.90. The number of benzene rings is 1. The SMILES string of the molecule is Cc1nc(C(=O)N2CCC(NCC3CC3)CC2)nn1-c1ccccc1C(C)C.Cl. The first-order valence-electron chi connectivity index (χ1n) is 10.6. The molecular formula is C22H32ClN5O. The van der Waals surface area contributed by atoms with Crippen LogP contribution in [-0.2, 0) is 0 Å². The zero-order valence-corrected chi connectivity index (χ0v) is 18.4. The van der Waals surface area contributed by atoms with E-state index in [2.05, 4.69) is 35.3 Å². The molecule has 2 aliphatic rings. The fourth-order valence-electron chi connectivity index (χ4n) is 3.96. The maximum Gasteiger partial charge on any atom is 0.293 e. The molecule has 1 aromatic heterocycles. The van der Waals surface area contributed by atoms with Gasteiger partial charge in [-0.3, -0.25) is 4.79 Å². The van der Waals surface area contributed by atoms with E-state index in [1.165, 1.54) is 18.4 Å². The molecule has 0 radical (unpaired) electrons. The molecule has 2 aromatic rings. The highest BCUT2D eigenvalue weighted by Crippen LogP contribution is 2.28. The molecule has 0 atom stereocenters. The van der Waals surface area contributed by atoms with Gasteiger partial charge in [-0.1, -0.05) is 32.0 Å². The first-order valence-corrected chi connectivity index (χ1v) is 10.6. The number of likely N-dealkylation sites (tertiary alicyclic amines) is 1. The largest absolute Gasteiger partial charge is 0.336 e. The van der Waals surface area contributed by atoms with Crippen LogP contribution in [0.25, 0.3) is 5.69 Å². The fraction of sp³-hybridized carbons (Fsp3) is 0.591. The van der Waals surface area contributed by atoms with Crippen molar-refractivity contribution in [2.75, 3.05) is 19.6 Å². The van der Waals surface area contributed by atoms with Crippen LogP contribution in [0.1, 0.15) is 67.5 Å². The van der Waals surface area contributed by atoms with Crippen molar-refractivity contribution >= 4 is 18.3 Å². The van der Waals surface area contributed by atoms with Crippen molar-refractivity contribution in [1.82, 2.24) is 25.0 Å². The second-order valence-electron chi connectivity index (χ2n) is 8.53. The Morgan fingerprint density at radius 1 is 1.17 bits per heavy atom. The summed E-state index contributed by atoms with van der Waals surface area (Å²) in [5, 5.41) is 8.24. The molecule has 1 aliphatic heterocycles. The van der Waals surface area contributed by atoms with Crippen molar-refractivity contribution in [3.8, 4) is 5.69 Å². The lowest BCUT2D eigenvalue weighted by Crippen LogP contribution is -2.45. The van der Waals surface area contributed by atoms with Crippen LogP contribution in [0.2, 0.25) is 0 Å². The fourth-order valence-corrected chi connectivity index (χ4v) is 3.96. The molecule has 1 aromatic carbocycles. The average Bonchev–Trinajstić information content (AvgIpc) is 3.46. The highest BCUT2D eigenvalue weighted by atomic mass is 35.5. The van der Waals surface area contributed by atoms with E-state index in [0.717, 1.165) is 49.9 Å². The minimum Gasteiger partial charge on any atom is -0.336 e. The highest BCUT2D eigenvalue weighted by Gasteiger charge is 2.28. The number of piperidine rings is 1. The normalized spacial score (nSPS) is 17.4. The van der Waals surface area contributed by atoms with Crippen molar-refractivity contribution in [1.29, 1.82) is 0 Å². The predicted molar refractivity (Wildman–Crippen MR) is 117 cm³/mol. The van der Waals surface area contributed by atoms with E-state index < -0.39 is 0 Å². The Bertz CT molecular complexity index is 837. The number of carbonyl (C=O) groups excluding carboxylic acids is 1. The van der Waals surface area contributed by atoms with Crippen LogP contribution < -0.4 is 5.32 Å². The van der Waals surface area contributed by atoms with Crippen molar-refractivity contribution < 1.29 is 4.79 Å². The van der Waals surface area contributed by atoms with E-state index in [1.54, 1.807) is 0 Å². The Kier molecular flexibility index (Phi) is 6.96. The van der Waals surface area contributed by atoms with Gasteiger partial charge in [-0.25, -0.2) is 9.67 Å². The van der Waals surface area contributed by atoms with Gasteiger partial charge in [0.2, 0.25) is 5.82 Å². The van der Waals surface area contributed by atoms with E-state index in [-0.39, 0.29) is 18.3 Å². The standard InChI is InChI=1S/C22H31N5O.ClH/c1-15(2)19-6-4-5-7-20(19)27-16(3)24-21(25-27)22(28)26-12-10-18(11-13-26)23-14-17-8-9-17;/h4-7,15,17-18,23H,8-14H2,1-3H3;1H. The number of carbonyl (C=O) groups is 1. The lowest BCUT2D eigenvalue weighted by Gasteiger charge is -2.31. The second-order valence-corrected chi connectivity index (χ2v) is 8.53. The molecule has 1 aliphatic carbocycles. The smallest absolute Gasteiger partial charge is 0.293 e. The van der Waals surface area contributed by atoms with Gasteiger partial charge in [0.1, 0.15) is 5.82 Å². The number of rotatable bonds is 6. The van der Waals surface area contributed by atoms with Gasteiger partial charge in [0, 0.05) is 19.1 Å². The molecule has 2 heterocycles. The summed E-state index contributed by atoms with van der Waals surface area (Å²) in [4.78, 5) is 19.4. The number of hydrogen-bond donors (Lipinski definition) is 1. The number of halogens is 1. The number of para-hydroxylation sites is 1. The van der Waals surface area contributed by atoms with Crippen LogP contribution in [0.5, 0.6) is 0 Å². The summed E-state index contributed by atoms with van der Waals surface area (Å²) in [5.74, 6) is 2.27. The first kappa shape index (κ1) is 21.8. The van der Waals surface area contributed by atoms with E-state index in [9.17, 15) is 4.79 Å². The lowest BCUT2D eigenvalue weighted by atomic mass is 10.0. The van der Waals surface area contributed by atoms with Crippen LogP contribution in [0.15, 0.2) is 24.3 Å². The van der Waals surface area contributed by atoms with Gasteiger partial charge in [-0.15, -0.1) is 17.5 Å². The lowest BCUT2D eigenvalue weighted by molar-refractivity contribution is 0.0692. The van der Waals surface area contributed by atoms with E-state index in [4.69, 9.17) is 0 Å². The van der Waals surface area contributed by atoms with E-state index in [0.29, 0.717) is 17.8 Å². The van der Waals surface area contributed by atoms with Crippen molar-refractivity contribution in [2.45, 2.75) is 58.4 Å². The molecular weight excluding hydrogens is 386 g/mol. The first-order chi connectivity index (χ1) is 13.5. The zero-order chi connectivity index (χ0) is 19.7. The maximum atomic E-state index is 13.0. The Morgan fingerprint density at radius 3 is 2.52 bits per heavy atom. The number of nitrogens with zero attached hydrogens (tertiary/aromatic N) is 4. The van der Waals surface area contributed by atoms with Gasteiger partial charge >= 0.3 is 0 Å². The molecule has 1 N–H and O–H groups in total. The van der Waals surface area contributed by atoms with Crippen molar-refractivity contribution in [3.63, 3.8) is 0 Å². The predicted octanol–water partition coefficient (Wildman–Crippen LogP) is 3.73.